The molecule has 0 bridgehead atoms. The van der Waals surface area contributed by atoms with E-state index in [2.05, 4.69) is 16.8 Å². The number of nitrogens with two attached hydrogens (primary N) is 1. The van der Waals surface area contributed by atoms with E-state index < -0.39 is 29.9 Å². The molecule has 2 aromatic rings. The van der Waals surface area contributed by atoms with Crippen LogP contribution in [-0.4, -0.2) is 53.1 Å². The van der Waals surface area contributed by atoms with Gasteiger partial charge in [-0.1, -0.05) is 11.8 Å². The normalized spacial score (nSPS) is 15.7. The molecule has 1 aliphatic rings. The molecule has 7 nitrogen and oxygen atoms in total. The maximum Gasteiger partial charge on any atom is 0.277 e. The van der Waals surface area contributed by atoms with Crippen molar-refractivity contribution < 1.29 is 28.2 Å². The Morgan fingerprint density at radius 3 is 2.90 bits per heavy atom. The van der Waals surface area contributed by atoms with E-state index in [4.69, 9.17) is 10.5 Å². The SMILES string of the molecule is CCN(C)C(=O)[C@H](O)C#Cc1cc2c(cc1F)OCC(F)c1sc(C(N)=O)nc1-2. The summed E-state index contributed by atoms with van der Waals surface area (Å²) in [5.41, 5.74) is 5.45. The highest BCUT2D eigenvalue weighted by atomic mass is 32.1. The van der Waals surface area contributed by atoms with Crippen molar-refractivity contribution in [2.75, 3.05) is 20.2 Å². The molecule has 3 N–H and O–H groups in total. The molecule has 0 spiro atoms. The number of primary amides is 1. The summed E-state index contributed by atoms with van der Waals surface area (Å²) in [7, 11) is 1.50. The van der Waals surface area contributed by atoms with Crippen LogP contribution in [0.3, 0.4) is 0 Å². The summed E-state index contributed by atoms with van der Waals surface area (Å²) >= 11 is 0.806. The van der Waals surface area contributed by atoms with Crippen molar-refractivity contribution in [3.8, 4) is 28.8 Å². The number of alkyl halides is 1. The van der Waals surface area contributed by atoms with Crippen LogP contribution < -0.4 is 10.5 Å². The number of fused-ring (bicyclic) bond motifs is 3. The van der Waals surface area contributed by atoms with Gasteiger partial charge in [0.25, 0.3) is 11.8 Å². The van der Waals surface area contributed by atoms with Crippen LogP contribution in [0.4, 0.5) is 8.78 Å². The highest BCUT2D eigenvalue weighted by Crippen LogP contribution is 2.43. The molecule has 29 heavy (non-hydrogen) atoms. The first-order valence-corrected chi connectivity index (χ1v) is 9.40. The molecule has 3 rings (SSSR count). The van der Waals surface area contributed by atoms with Gasteiger partial charge in [0.2, 0.25) is 0 Å². The van der Waals surface area contributed by atoms with Gasteiger partial charge in [-0.15, -0.1) is 11.3 Å². The number of likely N-dealkylation sites (N-methyl/N-ethyl adjacent to an activating group) is 1. The van der Waals surface area contributed by atoms with Crippen molar-refractivity contribution in [2.24, 2.45) is 5.73 Å². The second-order valence-electron chi connectivity index (χ2n) is 6.23. The smallest absolute Gasteiger partial charge is 0.277 e. The number of thiazole rings is 1. The van der Waals surface area contributed by atoms with Crippen LogP contribution in [0.15, 0.2) is 12.1 Å². The van der Waals surface area contributed by atoms with Crippen molar-refractivity contribution in [2.45, 2.75) is 19.2 Å². The molecule has 2 amide bonds. The van der Waals surface area contributed by atoms with E-state index in [1.807, 2.05) is 0 Å². The van der Waals surface area contributed by atoms with E-state index in [0.717, 1.165) is 17.4 Å². The third-order valence-electron chi connectivity index (χ3n) is 4.29. The van der Waals surface area contributed by atoms with Gasteiger partial charge in [-0.2, -0.15) is 0 Å². The molecular weight excluding hydrogens is 404 g/mol. The zero-order valence-electron chi connectivity index (χ0n) is 15.5. The number of ether oxygens (including phenoxy) is 1. The Morgan fingerprint density at radius 2 is 2.24 bits per heavy atom. The summed E-state index contributed by atoms with van der Waals surface area (Å²) in [5, 5.41) is 9.81. The van der Waals surface area contributed by atoms with Crippen LogP contribution in [0, 0.1) is 17.7 Å². The number of carbonyl (C=O) groups excluding carboxylic acids is 2. The van der Waals surface area contributed by atoms with Crippen molar-refractivity contribution in [1.29, 1.82) is 0 Å². The third kappa shape index (κ3) is 4.06. The second kappa shape index (κ2) is 8.14. The lowest BCUT2D eigenvalue weighted by molar-refractivity contribution is -0.135. The van der Waals surface area contributed by atoms with E-state index >= 15 is 0 Å². The van der Waals surface area contributed by atoms with Gasteiger partial charge >= 0.3 is 0 Å². The van der Waals surface area contributed by atoms with E-state index in [1.54, 1.807) is 6.92 Å². The molecule has 1 aromatic heterocycles. The maximum absolute atomic E-state index is 14.4. The van der Waals surface area contributed by atoms with Crippen molar-refractivity contribution in [3.63, 3.8) is 0 Å². The van der Waals surface area contributed by atoms with E-state index in [0.29, 0.717) is 6.54 Å². The molecule has 0 saturated heterocycles. The predicted molar refractivity (Wildman–Crippen MR) is 102 cm³/mol. The number of carbonyl (C=O) groups is 2. The molecular formula is C19H17F2N3O4S. The Bertz CT molecular complexity index is 1040. The largest absolute Gasteiger partial charge is 0.489 e. The summed E-state index contributed by atoms with van der Waals surface area (Å²) < 4.78 is 34.2. The highest BCUT2D eigenvalue weighted by molar-refractivity contribution is 7.14. The summed E-state index contributed by atoms with van der Waals surface area (Å²) in [5.74, 6) is 2.57. The summed E-state index contributed by atoms with van der Waals surface area (Å²) in [6, 6.07) is 2.30. The number of halogens is 2. The lowest BCUT2D eigenvalue weighted by Crippen LogP contribution is -2.35. The fourth-order valence-corrected chi connectivity index (χ4v) is 3.50. The molecule has 0 saturated carbocycles. The van der Waals surface area contributed by atoms with Gasteiger partial charge in [0.1, 0.15) is 18.2 Å². The average molecular weight is 421 g/mol. The fraction of sp³-hybridized carbons (Fsp3) is 0.316. The number of nitrogens with zero attached hydrogens (tertiary/aromatic N) is 2. The second-order valence-corrected chi connectivity index (χ2v) is 7.26. The molecule has 1 aromatic carbocycles. The van der Waals surface area contributed by atoms with Crippen LogP contribution in [0.2, 0.25) is 0 Å². The topological polar surface area (TPSA) is 106 Å². The highest BCUT2D eigenvalue weighted by Gasteiger charge is 2.29. The minimum atomic E-state index is -1.62. The van der Waals surface area contributed by atoms with E-state index in [9.17, 15) is 23.5 Å². The molecule has 2 atom stereocenters. The number of aliphatic hydroxyl groups excluding tert-OH is 1. The van der Waals surface area contributed by atoms with Crippen LogP contribution in [0.25, 0.3) is 11.3 Å². The average Bonchev–Trinajstić information content (AvgIpc) is 3.10. The third-order valence-corrected chi connectivity index (χ3v) is 5.44. The first-order chi connectivity index (χ1) is 13.7. The van der Waals surface area contributed by atoms with Crippen LogP contribution in [-0.2, 0) is 4.79 Å². The van der Waals surface area contributed by atoms with Crippen molar-refractivity contribution in [1.82, 2.24) is 9.88 Å². The van der Waals surface area contributed by atoms with Crippen LogP contribution >= 0.6 is 11.3 Å². The Kier molecular flexibility index (Phi) is 5.81. The van der Waals surface area contributed by atoms with E-state index in [-0.39, 0.29) is 39.1 Å². The molecule has 152 valence electrons. The van der Waals surface area contributed by atoms with E-state index in [1.165, 1.54) is 18.0 Å². The fourth-order valence-electron chi connectivity index (χ4n) is 2.61. The number of aromatic nitrogens is 1. The lowest BCUT2D eigenvalue weighted by Gasteiger charge is -2.15. The molecule has 0 aliphatic carbocycles. The van der Waals surface area contributed by atoms with Gasteiger partial charge in [-0.25, -0.2) is 13.8 Å². The zero-order valence-corrected chi connectivity index (χ0v) is 16.3. The number of rotatable bonds is 3. The van der Waals surface area contributed by atoms with Gasteiger partial charge in [0.15, 0.2) is 17.3 Å². The molecule has 0 radical (unpaired) electrons. The number of hydrogen-bond donors (Lipinski definition) is 2. The molecule has 1 aliphatic heterocycles. The van der Waals surface area contributed by atoms with Gasteiger partial charge < -0.3 is 20.5 Å². The first-order valence-electron chi connectivity index (χ1n) is 8.58. The Labute approximate surface area is 169 Å². The minimum absolute atomic E-state index is 0.0399. The summed E-state index contributed by atoms with van der Waals surface area (Å²) in [6.07, 6.45) is -3.19. The Balaban J connectivity index is 2.05. The number of amides is 2. The van der Waals surface area contributed by atoms with Gasteiger partial charge in [-0.05, 0) is 13.0 Å². The minimum Gasteiger partial charge on any atom is -0.489 e. The molecule has 1 unspecified atom stereocenters. The molecule has 0 fully saturated rings. The van der Waals surface area contributed by atoms with Gasteiger partial charge in [0.05, 0.1) is 16.1 Å². The first kappa shape index (κ1) is 20.7. The predicted octanol–water partition coefficient (Wildman–Crippen LogP) is 1.64. The van der Waals surface area contributed by atoms with Crippen molar-refractivity contribution >= 4 is 23.2 Å². The summed E-state index contributed by atoms with van der Waals surface area (Å²) in [4.78, 5) is 28.8. The number of aliphatic hydroxyl groups is 1. The Morgan fingerprint density at radius 1 is 1.52 bits per heavy atom. The quantitative estimate of drug-likeness (QED) is 0.733. The van der Waals surface area contributed by atoms with Crippen LogP contribution in [0.5, 0.6) is 5.75 Å². The van der Waals surface area contributed by atoms with Gasteiger partial charge in [0, 0.05) is 25.2 Å². The Hall–Kier alpha value is -3.03. The monoisotopic (exact) mass is 421 g/mol. The molecule has 10 heteroatoms. The lowest BCUT2D eigenvalue weighted by atomic mass is 10.0. The van der Waals surface area contributed by atoms with Gasteiger partial charge in [-0.3, -0.25) is 9.59 Å². The standard InChI is InChI=1S/C19H17F2N3O4S/c1-3-24(2)19(27)13(25)5-4-9-6-10-14(7-11(9)20)28-8-12(21)16-15(10)23-18(29-16)17(22)26/h6-7,12-13,25H,3,8H2,1-2H3,(H2,22,26)/t12?,13-/m1/s1. The number of hydrogen-bond acceptors (Lipinski definition) is 6. The van der Waals surface area contributed by atoms with Crippen molar-refractivity contribution in [3.05, 3.63) is 33.4 Å². The zero-order chi connectivity index (χ0) is 21.3. The maximum atomic E-state index is 14.4. The molecule has 2 heterocycles. The van der Waals surface area contributed by atoms with Crippen LogP contribution in [0.1, 0.15) is 33.3 Å². The summed E-state index contributed by atoms with van der Waals surface area (Å²) in [6.45, 7) is 1.73. The number of benzene rings is 1.